The Morgan fingerprint density at radius 3 is 2.43 bits per heavy atom. The predicted molar refractivity (Wildman–Crippen MR) is 85.1 cm³/mol. The molecule has 21 heavy (non-hydrogen) atoms. The van der Waals surface area contributed by atoms with Crippen molar-refractivity contribution in [2.75, 3.05) is 11.9 Å². The monoisotopic (exact) mass is 290 g/mol. The van der Waals surface area contributed by atoms with E-state index >= 15 is 0 Å². The zero-order valence-corrected chi connectivity index (χ0v) is 13.1. The van der Waals surface area contributed by atoms with Crippen LogP contribution in [0.3, 0.4) is 0 Å². The van der Waals surface area contributed by atoms with Crippen molar-refractivity contribution in [1.82, 2.24) is 5.32 Å². The van der Waals surface area contributed by atoms with E-state index in [1.54, 1.807) is 0 Å². The lowest BCUT2D eigenvalue weighted by Gasteiger charge is -2.21. The van der Waals surface area contributed by atoms with Crippen LogP contribution in [0.15, 0.2) is 24.3 Å². The molecule has 0 aromatic heterocycles. The number of anilines is 1. The number of nitrogens with one attached hydrogen (secondary N) is 2. The highest BCUT2D eigenvalue weighted by Gasteiger charge is 2.29. The van der Waals surface area contributed by atoms with Gasteiger partial charge in [0, 0.05) is 17.1 Å². The Kier molecular flexibility index (Phi) is 5.01. The first kappa shape index (κ1) is 16.0. The van der Waals surface area contributed by atoms with Crippen molar-refractivity contribution in [1.29, 1.82) is 0 Å². The normalized spacial score (nSPS) is 16.6. The van der Waals surface area contributed by atoms with Gasteiger partial charge in [-0.2, -0.15) is 0 Å². The first-order chi connectivity index (χ1) is 9.85. The van der Waals surface area contributed by atoms with Gasteiger partial charge in [-0.25, -0.2) is 0 Å². The Morgan fingerprint density at radius 1 is 1.29 bits per heavy atom. The molecule has 116 valence electrons. The lowest BCUT2D eigenvalue weighted by atomic mass is 10.0. The second-order valence-corrected chi connectivity index (χ2v) is 6.87. The Hall–Kier alpha value is -1.39. The zero-order valence-electron chi connectivity index (χ0n) is 13.1. The summed E-state index contributed by atoms with van der Waals surface area (Å²) in [6, 6.07) is 7.47. The summed E-state index contributed by atoms with van der Waals surface area (Å²) in [6.45, 7) is 7.09. The van der Waals surface area contributed by atoms with Crippen LogP contribution in [0.1, 0.15) is 51.7 Å². The molecule has 0 heterocycles. The molecule has 1 amide bonds. The molecule has 1 fully saturated rings. The molecular weight excluding hydrogens is 264 g/mol. The van der Waals surface area contributed by atoms with Crippen molar-refractivity contribution in [2.24, 2.45) is 5.92 Å². The van der Waals surface area contributed by atoms with Crippen molar-refractivity contribution >= 4 is 11.6 Å². The van der Waals surface area contributed by atoms with Crippen LogP contribution in [0, 0.1) is 5.92 Å². The largest absolute Gasteiger partial charge is 0.388 e. The summed E-state index contributed by atoms with van der Waals surface area (Å²) in [4.78, 5) is 11.7. The first-order valence-electron chi connectivity index (χ1n) is 7.69. The smallest absolute Gasteiger partial charge is 0.227 e. The van der Waals surface area contributed by atoms with Gasteiger partial charge < -0.3 is 15.7 Å². The maximum atomic E-state index is 11.7. The van der Waals surface area contributed by atoms with Crippen molar-refractivity contribution in [3.05, 3.63) is 29.8 Å². The highest BCUT2D eigenvalue weighted by atomic mass is 16.3. The summed E-state index contributed by atoms with van der Waals surface area (Å²) in [5.41, 5.74) is 1.75. The average molecular weight is 290 g/mol. The van der Waals surface area contributed by atoms with Gasteiger partial charge in [0.1, 0.15) is 0 Å². The van der Waals surface area contributed by atoms with Crippen molar-refractivity contribution in [3.8, 4) is 0 Å². The van der Waals surface area contributed by atoms with E-state index < -0.39 is 6.10 Å². The van der Waals surface area contributed by atoms with Gasteiger partial charge >= 0.3 is 0 Å². The fourth-order valence-electron chi connectivity index (χ4n) is 2.13. The first-order valence-corrected chi connectivity index (χ1v) is 7.69. The maximum Gasteiger partial charge on any atom is 0.227 e. The Labute approximate surface area is 126 Å². The van der Waals surface area contributed by atoms with Gasteiger partial charge in [-0.15, -0.1) is 0 Å². The van der Waals surface area contributed by atoms with Crippen LogP contribution >= 0.6 is 0 Å². The van der Waals surface area contributed by atoms with Crippen LogP contribution in [0.25, 0.3) is 0 Å². The summed E-state index contributed by atoms with van der Waals surface area (Å²) in [5.74, 6) is 0.316. The number of aliphatic hydroxyl groups excluding tert-OH is 1. The molecule has 4 nitrogen and oxygen atoms in total. The minimum absolute atomic E-state index is 0.0661. The fourth-order valence-corrected chi connectivity index (χ4v) is 2.13. The van der Waals surface area contributed by atoms with Crippen LogP contribution in [0.4, 0.5) is 5.69 Å². The van der Waals surface area contributed by atoms with Crippen LogP contribution in [-0.4, -0.2) is 23.1 Å². The SMILES string of the molecule is CC(C)(C)NCCC(O)c1ccc(NC(=O)C2CC2)cc1. The quantitative estimate of drug-likeness (QED) is 0.755. The molecule has 3 N–H and O–H groups in total. The molecule has 1 aliphatic rings. The molecule has 1 aromatic rings. The molecule has 2 rings (SSSR count). The number of amides is 1. The molecule has 1 atom stereocenters. The third-order valence-electron chi connectivity index (χ3n) is 3.58. The lowest BCUT2D eigenvalue weighted by Crippen LogP contribution is -2.36. The van der Waals surface area contributed by atoms with Gasteiger partial charge in [0.2, 0.25) is 5.91 Å². The minimum Gasteiger partial charge on any atom is -0.388 e. The molecule has 0 spiro atoms. The Balaban J connectivity index is 1.81. The summed E-state index contributed by atoms with van der Waals surface area (Å²) in [6.07, 6.45) is 2.20. The van der Waals surface area contributed by atoms with Gasteiger partial charge in [0.15, 0.2) is 0 Å². The lowest BCUT2D eigenvalue weighted by molar-refractivity contribution is -0.117. The number of rotatable bonds is 6. The van der Waals surface area contributed by atoms with E-state index in [4.69, 9.17) is 0 Å². The third-order valence-corrected chi connectivity index (χ3v) is 3.58. The topological polar surface area (TPSA) is 61.4 Å². The summed E-state index contributed by atoms with van der Waals surface area (Å²) in [7, 11) is 0. The summed E-state index contributed by atoms with van der Waals surface area (Å²) in [5, 5.41) is 16.4. The second kappa shape index (κ2) is 6.58. The van der Waals surface area contributed by atoms with Crippen molar-refractivity contribution < 1.29 is 9.90 Å². The molecule has 0 saturated heterocycles. The molecule has 0 bridgehead atoms. The molecule has 1 aliphatic carbocycles. The van der Waals surface area contributed by atoms with Gasteiger partial charge in [-0.1, -0.05) is 12.1 Å². The van der Waals surface area contributed by atoms with E-state index in [0.717, 1.165) is 30.6 Å². The molecule has 1 unspecified atom stereocenters. The fraction of sp³-hybridized carbons (Fsp3) is 0.588. The van der Waals surface area contributed by atoms with Gasteiger partial charge in [-0.05, 0) is 64.3 Å². The zero-order chi connectivity index (χ0) is 15.5. The number of aliphatic hydroxyl groups is 1. The number of benzene rings is 1. The molecule has 1 aromatic carbocycles. The van der Waals surface area contributed by atoms with Crippen molar-refractivity contribution in [2.45, 2.75) is 51.7 Å². The van der Waals surface area contributed by atoms with Gasteiger partial charge in [0.05, 0.1) is 6.10 Å². The number of carbonyl (C=O) groups is 1. The Bertz CT molecular complexity index is 473. The molecule has 0 radical (unpaired) electrons. The van der Waals surface area contributed by atoms with E-state index in [2.05, 4.69) is 31.4 Å². The van der Waals surface area contributed by atoms with Gasteiger partial charge in [-0.3, -0.25) is 4.79 Å². The molecule has 0 aliphatic heterocycles. The van der Waals surface area contributed by atoms with E-state index in [1.807, 2.05) is 24.3 Å². The standard InChI is InChI=1S/C17H26N2O2/c1-17(2,3)18-11-10-15(20)12-6-8-14(9-7-12)19-16(21)13-4-5-13/h6-9,13,15,18,20H,4-5,10-11H2,1-3H3,(H,19,21). The minimum atomic E-state index is -0.479. The van der Waals surface area contributed by atoms with Gasteiger partial charge in [0.25, 0.3) is 0 Å². The second-order valence-electron chi connectivity index (χ2n) is 6.87. The van der Waals surface area contributed by atoms with Crippen LogP contribution < -0.4 is 10.6 Å². The molecular formula is C17H26N2O2. The Morgan fingerprint density at radius 2 is 1.90 bits per heavy atom. The molecule has 1 saturated carbocycles. The average Bonchev–Trinajstić information content (AvgIpc) is 3.22. The maximum absolute atomic E-state index is 11.7. The van der Waals surface area contributed by atoms with E-state index in [-0.39, 0.29) is 17.4 Å². The predicted octanol–water partition coefficient (Wildman–Crippen LogP) is 2.85. The van der Waals surface area contributed by atoms with E-state index in [0.29, 0.717) is 6.42 Å². The summed E-state index contributed by atoms with van der Waals surface area (Å²) >= 11 is 0. The number of hydrogen-bond donors (Lipinski definition) is 3. The van der Waals surface area contributed by atoms with Crippen LogP contribution in [-0.2, 0) is 4.79 Å². The van der Waals surface area contributed by atoms with E-state index in [9.17, 15) is 9.90 Å². The third kappa shape index (κ3) is 5.48. The van der Waals surface area contributed by atoms with Crippen molar-refractivity contribution in [3.63, 3.8) is 0 Å². The number of hydrogen-bond acceptors (Lipinski definition) is 3. The highest BCUT2D eigenvalue weighted by Crippen LogP contribution is 2.30. The molecule has 4 heteroatoms. The highest BCUT2D eigenvalue weighted by molar-refractivity contribution is 5.93. The van der Waals surface area contributed by atoms with Crippen LogP contribution in [0.2, 0.25) is 0 Å². The number of carbonyl (C=O) groups excluding carboxylic acids is 1. The summed E-state index contributed by atoms with van der Waals surface area (Å²) < 4.78 is 0. The van der Waals surface area contributed by atoms with Crippen LogP contribution in [0.5, 0.6) is 0 Å². The van der Waals surface area contributed by atoms with E-state index in [1.165, 1.54) is 0 Å².